The number of alkyl halides is 3. The van der Waals surface area contributed by atoms with Gasteiger partial charge >= 0.3 is 11.8 Å². The van der Waals surface area contributed by atoms with Gasteiger partial charge in [0.1, 0.15) is 11.3 Å². The van der Waals surface area contributed by atoms with Crippen molar-refractivity contribution < 1.29 is 22.7 Å². The number of phenolic OH excluding ortho intramolecular Hbond substituents is 1. The lowest BCUT2D eigenvalue weighted by molar-refractivity contribution is -0.138. The Bertz CT molecular complexity index is 1090. The van der Waals surface area contributed by atoms with Gasteiger partial charge in [-0.05, 0) is 17.7 Å². The molecule has 1 aromatic carbocycles. The molecule has 0 aliphatic heterocycles. The molecule has 130 valence electrons. The molecule has 0 spiro atoms. The number of hydrogen-bond acceptors (Lipinski definition) is 4. The van der Waals surface area contributed by atoms with Crippen molar-refractivity contribution in [2.45, 2.75) is 12.7 Å². The summed E-state index contributed by atoms with van der Waals surface area (Å²) >= 11 is 5.83. The van der Waals surface area contributed by atoms with Crippen molar-refractivity contribution >= 4 is 22.6 Å². The minimum atomic E-state index is -4.61. The number of fused-ring (bicyclic) bond motifs is 1. The average Bonchev–Trinajstić information content (AvgIpc) is 2.50. The molecule has 2 heterocycles. The zero-order chi connectivity index (χ0) is 18.4. The van der Waals surface area contributed by atoms with Crippen LogP contribution >= 0.6 is 11.6 Å². The van der Waals surface area contributed by atoms with Gasteiger partial charge in [-0.15, -0.1) is 0 Å². The second-order valence-electron chi connectivity index (χ2n) is 5.27. The van der Waals surface area contributed by atoms with Gasteiger partial charge in [0.2, 0.25) is 0 Å². The van der Waals surface area contributed by atoms with E-state index in [0.29, 0.717) is 17.6 Å². The molecule has 0 saturated carbocycles. The highest BCUT2D eigenvalue weighted by Gasteiger charge is 2.31. The summed E-state index contributed by atoms with van der Waals surface area (Å²) in [5, 5.41) is 9.85. The molecule has 0 amide bonds. The van der Waals surface area contributed by atoms with E-state index in [1.54, 1.807) is 0 Å². The van der Waals surface area contributed by atoms with Crippen molar-refractivity contribution in [3.63, 3.8) is 0 Å². The van der Waals surface area contributed by atoms with Crippen LogP contribution in [0.5, 0.6) is 5.75 Å². The van der Waals surface area contributed by atoms with Crippen LogP contribution in [0.4, 0.5) is 13.2 Å². The summed E-state index contributed by atoms with van der Waals surface area (Å²) in [5.41, 5.74) is -2.20. The molecule has 9 heteroatoms. The SMILES string of the molecule is O=c1cc(Cn2cc(C(F)(F)F)ccc2=O)c2cc(Cl)c(O)cc2o1. The maximum Gasteiger partial charge on any atom is 0.417 e. The van der Waals surface area contributed by atoms with E-state index in [9.17, 15) is 27.9 Å². The van der Waals surface area contributed by atoms with Crippen molar-refractivity contribution in [3.8, 4) is 5.75 Å². The molecule has 3 aromatic rings. The van der Waals surface area contributed by atoms with Crippen LogP contribution in [-0.4, -0.2) is 9.67 Å². The van der Waals surface area contributed by atoms with Gasteiger partial charge in [-0.2, -0.15) is 13.2 Å². The summed E-state index contributed by atoms with van der Waals surface area (Å²) < 4.78 is 44.3. The highest BCUT2D eigenvalue weighted by atomic mass is 35.5. The second kappa shape index (κ2) is 5.96. The molecule has 1 N–H and O–H groups in total. The van der Waals surface area contributed by atoms with Crippen LogP contribution in [0.2, 0.25) is 5.02 Å². The maximum absolute atomic E-state index is 12.8. The van der Waals surface area contributed by atoms with Gasteiger partial charge in [0.25, 0.3) is 5.56 Å². The first-order valence-corrected chi connectivity index (χ1v) is 7.26. The molecular formula is C16H9ClF3NO4. The van der Waals surface area contributed by atoms with E-state index in [4.69, 9.17) is 16.0 Å². The summed E-state index contributed by atoms with van der Waals surface area (Å²) in [4.78, 5) is 23.5. The molecule has 0 fully saturated rings. The molecule has 5 nitrogen and oxygen atoms in total. The second-order valence-corrected chi connectivity index (χ2v) is 5.68. The molecular weight excluding hydrogens is 363 g/mol. The Labute approximate surface area is 142 Å². The van der Waals surface area contributed by atoms with E-state index in [0.717, 1.165) is 22.8 Å². The third-order valence-corrected chi connectivity index (χ3v) is 3.85. The van der Waals surface area contributed by atoms with Gasteiger partial charge in [0.05, 0.1) is 17.1 Å². The summed E-state index contributed by atoms with van der Waals surface area (Å²) in [7, 11) is 0. The van der Waals surface area contributed by atoms with Crippen LogP contribution in [0.15, 0.2) is 50.5 Å². The lowest BCUT2D eigenvalue weighted by Gasteiger charge is -2.12. The number of aromatic hydroxyl groups is 1. The van der Waals surface area contributed by atoms with E-state index in [1.165, 1.54) is 6.07 Å². The van der Waals surface area contributed by atoms with Crippen molar-refractivity contribution in [3.05, 3.63) is 73.5 Å². The Kier molecular flexibility index (Phi) is 4.08. The van der Waals surface area contributed by atoms with Crippen LogP contribution in [0.1, 0.15) is 11.1 Å². The van der Waals surface area contributed by atoms with Crippen LogP contribution < -0.4 is 11.2 Å². The largest absolute Gasteiger partial charge is 0.506 e. The molecule has 25 heavy (non-hydrogen) atoms. The lowest BCUT2D eigenvalue weighted by atomic mass is 10.1. The van der Waals surface area contributed by atoms with Crippen LogP contribution in [-0.2, 0) is 12.7 Å². The molecule has 0 bridgehead atoms. The highest BCUT2D eigenvalue weighted by molar-refractivity contribution is 6.32. The summed E-state index contributed by atoms with van der Waals surface area (Å²) in [5.74, 6) is -0.314. The van der Waals surface area contributed by atoms with Crippen molar-refractivity contribution in [2.75, 3.05) is 0 Å². The third-order valence-electron chi connectivity index (χ3n) is 3.55. The van der Waals surface area contributed by atoms with Gasteiger partial charge in [-0.1, -0.05) is 11.6 Å². The van der Waals surface area contributed by atoms with Crippen LogP contribution in [0, 0.1) is 0 Å². The quantitative estimate of drug-likeness (QED) is 0.701. The molecule has 0 unspecified atom stereocenters. The lowest BCUT2D eigenvalue weighted by Crippen LogP contribution is -2.22. The summed E-state index contributed by atoms with van der Waals surface area (Å²) in [6.45, 7) is -0.300. The fourth-order valence-electron chi connectivity index (χ4n) is 2.37. The van der Waals surface area contributed by atoms with Gasteiger partial charge in [0.15, 0.2) is 0 Å². The fraction of sp³-hybridized carbons (Fsp3) is 0.125. The molecule has 0 aliphatic carbocycles. The predicted molar refractivity (Wildman–Crippen MR) is 84.0 cm³/mol. The number of aromatic nitrogens is 1. The number of benzene rings is 1. The van der Waals surface area contributed by atoms with Gasteiger partial charge in [-0.3, -0.25) is 4.79 Å². The number of hydrogen-bond donors (Lipinski definition) is 1. The molecule has 3 rings (SSSR count). The van der Waals surface area contributed by atoms with E-state index >= 15 is 0 Å². The first-order chi connectivity index (χ1) is 11.6. The van der Waals surface area contributed by atoms with E-state index in [2.05, 4.69) is 0 Å². The first-order valence-electron chi connectivity index (χ1n) is 6.88. The number of rotatable bonds is 2. The smallest absolute Gasteiger partial charge is 0.417 e. The Morgan fingerprint density at radius 1 is 1.16 bits per heavy atom. The topological polar surface area (TPSA) is 72.4 Å². The molecule has 2 aromatic heterocycles. The summed E-state index contributed by atoms with van der Waals surface area (Å²) in [6, 6.07) is 4.98. The molecule has 0 saturated heterocycles. The van der Waals surface area contributed by atoms with Crippen molar-refractivity contribution in [1.29, 1.82) is 0 Å². The predicted octanol–water partition coefficient (Wildman–Crippen LogP) is 3.38. The molecule has 0 atom stereocenters. The fourth-order valence-corrected chi connectivity index (χ4v) is 2.54. The number of pyridine rings is 1. The standard InChI is InChI=1S/C16H9ClF3NO4/c17-11-4-10-8(3-15(24)25-13(10)5-12(11)22)6-21-7-9(16(18,19)20)1-2-14(21)23/h1-5,7,22H,6H2. The van der Waals surface area contributed by atoms with Gasteiger partial charge < -0.3 is 14.1 Å². The van der Waals surface area contributed by atoms with Crippen LogP contribution in [0.3, 0.4) is 0 Å². The van der Waals surface area contributed by atoms with Crippen LogP contribution in [0.25, 0.3) is 11.0 Å². The average molecular weight is 372 g/mol. The summed E-state index contributed by atoms with van der Waals surface area (Å²) in [6.07, 6.45) is -3.94. The van der Waals surface area contributed by atoms with E-state index < -0.39 is 22.9 Å². The maximum atomic E-state index is 12.8. The minimum absolute atomic E-state index is 0.00410. The number of halogens is 4. The normalized spacial score (nSPS) is 11.8. The zero-order valence-corrected chi connectivity index (χ0v) is 13.1. The van der Waals surface area contributed by atoms with Gasteiger partial charge in [0, 0.05) is 29.8 Å². The Morgan fingerprint density at radius 3 is 2.56 bits per heavy atom. The van der Waals surface area contributed by atoms with Crippen molar-refractivity contribution in [1.82, 2.24) is 4.57 Å². The first kappa shape index (κ1) is 17.1. The Balaban J connectivity index is 2.17. The van der Waals surface area contributed by atoms with Crippen molar-refractivity contribution in [2.24, 2.45) is 0 Å². The zero-order valence-electron chi connectivity index (χ0n) is 12.3. The number of phenols is 1. The number of nitrogens with zero attached hydrogens (tertiary/aromatic N) is 1. The minimum Gasteiger partial charge on any atom is -0.506 e. The van der Waals surface area contributed by atoms with E-state index in [1.807, 2.05) is 0 Å². The molecule has 0 radical (unpaired) electrons. The van der Waals surface area contributed by atoms with Gasteiger partial charge in [-0.25, -0.2) is 4.79 Å². The van der Waals surface area contributed by atoms with E-state index in [-0.39, 0.29) is 28.5 Å². The molecule has 0 aliphatic rings. The highest BCUT2D eigenvalue weighted by Crippen LogP contribution is 2.31. The third kappa shape index (κ3) is 3.39. The monoisotopic (exact) mass is 371 g/mol. The Morgan fingerprint density at radius 2 is 1.88 bits per heavy atom. The Hall–Kier alpha value is -2.74.